The van der Waals surface area contributed by atoms with E-state index in [1.807, 2.05) is 0 Å². The van der Waals surface area contributed by atoms with Gasteiger partial charge < -0.3 is 30.0 Å². The standard InChI is InChI=1S/C10H17N5O9P2/c11-10-13-8-7(9(16)14-10)12-4-15(8)5-23-6(1-2-25(17,18)19)3-24-26(20,21)22/h4,6H,1-3,5H2,(H2,17,18,19)(H2,20,21,22)(H3,11,13,14,16)/t6-/m1/s1. The lowest BCUT2D eigenvalue weighted by atomic mass is 10.3. The highest BCUT2D eigenvalue weighted by molar-refractivity contribution is 7.51. The van der Waals surface area contributed by atoms with E-state index in [1.165, 1.54) is 10.9 Å². The molecule has 0 aliphatic heterocycles. The number of phosphoric acid groups is 1. The molecule has 2 rings (SSSR count). The third kappa shape index (κ3) is 6.27. The van der Waals surface area contributed by atoms with Gasteiger partial charge in [-0.3, -0.25) is 23.4 Å². The predicted molar refractivity (Wildman–Crippen MR) is 87.0 cm³/mol. The zero-order chi connectivity index (χ0) is 19.5. The van der Waals surface area contributed by atoms with Crippen molar-refractivity contribution in [3.8, 4) is 0 Å². The molecule has 2 aromatic heterocycles. The highest BCUT2D eigenvalue weighted by atomic mass is 31.2. The first-order chi connectivity index (χ1) is 11.9. The summed E-state index contributed by atoms with van der Waals surface area (Å²) < 4.78 is 32.8. The number of aromatic amines is 1. The zero-order valence-electron chi connectivity index (χ0n) is 13.1. The number of nitrogens with two attached hydrogens (primary N) is 1. The van der Waals surface area contributed by atoms with E-state index in [1.54, 1.807) is 0 Å². The van der Waals surface area contributed by atoms with Crippen LogP contribution in [0.5, 0.6) is 0 Å². The van der Waals surface area contributed by atoms with Crippen LogP contribution in [0.3, 0.4) is 0 Å². The van der Waals surface area contributed by atoms with Gasteiger partial charge in [0.05, 0.1) is 25.2 Å². The van der Waals surface area contributed by atoms with Crippen molar-refractivity contribution in [1.82, 2.24) is 19.5 Å². The van der Waals surface area contributed by atoms with E-state index in [-0.39, 0.29) is 30.3 Å². The van der Waals surface area contributed by atoms with Crippen molar-refractivity contribution in [2.75, 3.05) is 18.5 Å². The molecular weight excluding hydrogens is 396 g/mol. The van der Waals surface area contributed by atoms with Gasteiger partial charge in [-0.25, -0.2) is 9.55 Å². The van der Waals surface area contributed by atoms with Crippen molar-refractivity contribution in [3.63, 3.8) is 0 Å². The van der Waals surface area contributed by atoms with Gasteiger partial charge in [0.25, 0.3) is 5.56 Å². The van der Waals surface area contributed by atoms with Crippen LogP contribution in [0.25, 0.3) is 11.2 Å². The number of hydrogen-bond donors (Lipinski definition) is 6. The van der Waals surface area contributed by atoms with Crippen molar-refractivity contribution < 1.29 is 38.0 Å². The summed E-state index contributed by atoms with van der Waals surface area (Å²) in [4.78, 5) is 57.1. The Kier molecular flexibility index (Phi) is 6.32. The molecule has 0 amide bonds. The number of nitrogens with zero attached hydrogens (tertiary/aromatic N) is 3. The van der Waals surface area contributed by atoms with Crippen LogP contribution in [-0.4, -0.2) is 58.0 Å². The molecule has 16 heteroatoms. The second-order valence-corrected chi connectivity index (χ2v) is 8.23. The molecule has 0 fully saturated rings. The monoisotopic (exact) mass is 413 g/mol. The van der Waals surface area contributed by atoms with Crippen molar-refractivity contribution in [2.45, 2.75) is 19.3 Å². The van der Waals surface area contributed by atoms with Crippen LogP contribution < -0.4 is 11.3 Å². The van der Waals surface area contributed by atoms with Gasteiger partial charge in [-0.05, 0) is 6.42 Å². The first kappa shape index (κ1) is 20.7. The molecule has 0 bridgehead atoms. The first-order valence-electron chi connectivity index (χ1n) is 7.01. The second kappa shape index (κ2) is 7.94. The quantitative estimate of drug-likeness (QED) is 0.264. The van der Waals surface area contributed by atoms with E-state index < -0.39 is 39.9 Å². The summed E-state index contributed by atoms with van der Waals surface area (Å²) in [5.41, 5.74) is 5.01. The van der Waals surface area contributed by atoms with E-state index >= 15 is 0 Å². The number of aromatic nitrogens is 4. The Balaban J connectivity index is 2.11. The van der Waals surface area contributed by atoms with E-state index in [0.717, 1.165) is 0 Å². The third-order valence-electron chi connectivity index (χ3n) is 3.11. The fraction of sp³-hybridized carbons (Fsp3) is 0.500. The normalized spacial score (nSPS) is 14.0. The van der Waals surface area contributed by atoms with Gasteiger partial charge in [-0.1, -0.05) is 0 Å². The molecule has 14 nitrogen and oxygen atoms in total. The Morgan fingerprint density at radius 1 is 1.31 bits per heavy atom. The maximum Gasteiger partial charge on any atom is 0.469 e. The Labute approximate surface area is 145 Å². The molecular formula is C10H17N5O9P2. The summed E-state index contributed by atoms with van der Waals surface area (Å²) in [6.07, 6.45) is -0.617. The molecule has 26 heavy (non-hydrogen) atoms. The van der Waals surface area contributed by atoms with Crippen LogP contribution in [0.1, 0.15) is 6.42 Å². The molecule has 0 unspecified atom stereocenters. The maximum absolute atomic E-state index is 11.7. The number of phosphoric ester groups is 1. The molecule has 7 N–H and O–H groups in total. The highest BCUT2D eigenvalue weighted by Crippen LogP contribution is 2.38. The van der Waals surface area contributed by atoms with E-state index in [2.05, 4.69) is 19.5 Å². The summed E-state index contributed by atoms with van der Waals surface area (Å²) in [6.45, 7) is -0.879. The smallest absolute Gasteiger partial charge is 0.369 e. The number of H-pyrrole nitrogens is 1. The van der Waals surface area contributed by atoms with Crippen LogP contribution in [0.4, 0.5) is 5.95 Å². The molecule has 0 saturated carbocycles. The van der Waals surface area contributed by atoms with Crippen LogP contribution in [0.15, 0.2) is 11.1 Å². The van der Waals surface area contributed by atoms with E-state index in [4.69, 9.17) is 30.0 Å². The predicted octanol–water partition coefficient (Wildman–Crippen LogP) is -1.28. The maximum atomic E-state index is 11.7. The number of nitrogen functional groups attached to an aromatic ring is 1. The Bertz CT molecular complexity index is 889. The highest BCUT2D eigenvalue weighted by Gasteiger charge is 2.23. The van der Waals surface area contributed by atoms with Crippen LogP contribution in [0, 0.1) is 0 Å². The number of hydrogen-bond acceptors (Lipinski definition) is 8. The third-order valence-corrected chi connectivity index (χ3v) is 4.44. The Morgan fingerprint density at radius 3 is 2.62 bits per heavy atom. The van der Waals surface area contributed by atoms with Crippen LogP contribution in [-0.2, 0) is 25.1 Å². The second-order valence-electron chi connectivity index (χ2n) is 5.22. The first-order valence-corrected chi connectivity index (χ1v) is 10.3. The average molecular weight is 413 g/mol. The molecule has 0 aliphatic rings. The Hall–Kier alpha value is -1.63. The fourth-order valence-electron chi connectivity index (χ4n) is 1.96. The number of ether oxygens (including phenoxy) is 1. The summed E-state index contributed by atoms with van der Waals surface area (Å²) >= 11 is 0. The van der Waals surface area contributed by atoms with Gasteiger partial charge in [0.2, 0.25) is 5.95 Å². The van der Waals surface area contributed by atoms with Gasteiger partial charge in [0.1, 0.15) is 6.73 Å². The zero-order valence-corrected chi connectivity index (χ0v) is 14.9. The summed E-state index contributed by atoms with van der Waals surface area (Å²) in [6, 6.07) is 0. The molecule has 0 saturated heterocycles. The van der Waals surface area contributed by atoms with Gasteiger partial charge in [-0.2, -0.15) is 4.98 Å². The Morgan fingerprint density at radius 2 is 2.00 bits per heavy atom. The minimum atomic E-state index is -4.79. The molecule has 2 heterocycles. The fourth-order valence-corrected chi connectivity index (χ4v) is 2.94. The van der Waals surface area contributed by atoms with Gasteiger partial charge in [0, 0.05) is 0 Å². The lowest BCUT2D eigenvalue weighted by molar-refractivity contribution is -0.0235. The summed E-state index contributed by atoms with van der Waals surface area (Å²) in [5.74, 6) is -0.146. The summed E-state index contributed by atoms with van der Waals surface area (Å²) in [7, 11) is -9.13. The molecule has 0 radical (unpaired) electrons. The number of fused-ring (bicyclic) bond motifs is 1. The lowest BCUT2D eigenvalue weighted by Crippen LogP contribution is -2.22. The van der Waals surface area contributed by atoms with Crippen molar-refractivity contribution in [1.29, 1.82) is 0 Å². The van der Waals surface area contributed by atoms with Crippen molar-refractivity contribution in [3.05, 3.63) is 16.7 Å². The van der Waals surface area contributed by atoms with Gasteiger partial charge in [-0.15, -0.1) is 0 Å². The minimum Gasteiger partial charge on any atom is -0.369 e. The molecule has 2 aromatic rings. The molecule has 1 atom stereocenters. The molecule has 146 valence electrons. The topological polar surface area (TPSA) is 223 Å². The van der Waals surface area contributed by atoms with Crippen LogP contribution >= 0.6 is 15.4 Å². The largest absolute Gasteiger partial charge is 0.469 e. The van der Waals surface area contributed by atoms with E-state index in [0.29, 0.717) is 0 Å². The van der Waals surface area contributed by atoms with Gasteiger partial charge >= 0.3 is 15.4 Å². The number of rotatable bonds is 9. The average Bonchev–Trinajstić information content (AvgIpc) is 2.87. The van der Waals surface area contributed by atoms with Crippen molar-refractivity contribution >= 4 is 32.5 Å². The van der Waals surface area contributed by atoms with Gasteiger partial charge in [0.15, 0.2) is 11.2 Å². The van der Waals surface area contributed by atoms with Crippen LogP contribution in [0.2, 0.25) is 0 Å². The van der Waals surface area contributed by atoms with Crippen molar-refractivity contribution in [2.24, 2.45) is 0 Å². The number of anilines is 1. The number of nitrogens with one attached hydrogen (secondary N) is 1. The van der Waals surface area contributed by atoms with E-state index in [9.17, 15) is 13.9 Å². The molecule has 0 aliphatic carbocycles. The summed E-state index contributed by atoms with van der Waals surface area (Å²) in [5, 5.41) is 0. The SMILES string of the molecule is Nc1nc2c(ncn2CO[C@H](CCP(=O)(O)O)COP(=O)(O)O)c(=O)[nH]1. The minimum absolute atomic E-state index is 0.000958. The molecule has 0 spiro atoms. The molecule has 0 aromatic carbocycles. The number of imidazole rings is 1. The lowest BCUT2D eigenvalue weighted by Gasteiger charge is -2.19.